The molecule has 0 unspecified atom stereocenters. The van der Waals surface area contributed by atoms with Gasteiger partial charge in [0.25, 0.3) is 5.91 Å². The molecule has 34 heavy (non-hydrogen) atoms. The fraction of sp³-hybridized carbons (Fsp3) is 0.320. The molecule has 0 N–H and O–H groups in total. The molecule has 1 aromatic heterocycles. The van der Waals surface area contributed by atoms with Gasteiger partial charge in [-0.15, -0.1) is 10.2 Å². The van der Waals surface area contributed by atoms with Crippen LogP contribution in [0, 0.1) is 37.1 Å². The van der Waals surface area contributed by atoms with Gasteiger partial charge in [-0.3, -0.25) is 4.79 Å². The summed E-state index contributed by atoms with van der Waals surface area (Å²) in [6, 6.07) is 6.86. The lowest BCUT2D eigenvalue weighted by Gasteiger charge is -2.37. The molecule has 2 aromatic carbocycles. The van der Waals surface area contributed by atoms with Gasteiger partial charge in [-0.25, -0.2) is 17.6 Å². The van der Waals surface area contributed by atoms with Gasteiger partial charge in [-0.05, 0) is 62.1 Å². The predicted octanol–water partition coefficient (Wildman–Crippen LogP) is 5.06. The van der Waals surface area contributed by atoms with Gasteiger partial charge in [-0.1, -0.05) is 0 Å². The van der Waals surface area contributed by atoms with Gasteiger partial charge in [0.1, 0.15) is 28.8 Å². The molecule has 5 nitrogen and oxygen atoms in total. The SMILES string of the molecule is Cc1c(-c2ccc(F)cc2)nnc(N2CCC(N(C)C(=O)c3c(F)cc(F)cc3F)CC2)c1C. The molecule has 0 aliphatic carbocycles. The second-order valence-corrected chi connectivity index (χ2v) is 8.51. The molecular formula is C25H24F4N4O. The number of amides is 1. The van der Waals surface area contributed by atoms with Crippen molar-refractivity contribution < 1.29 is 22.4 Å². The molecule has 9 heteroatoms. The fourth-order valence-corrected chi connectivity index (χ4v) is 4.33. The molecule has 0 bridgehead atoms. The van der Waals surface area contributed by atoms with Crippen LogP contribution in [0.4, 0.5) is 23.4 Å². The van der Waals surface area contributed by atoms with Crippen molar-refractivity contribution in [3.63, 3.8) is 0 Å². The van der Waals surface area contributed by atoms with E-state index in [0.717, 1.165) is 22.5 Å². The third-order valence-electron chi connectivity index (χ3n) is 6.47. The summed E-state index contributed by atoms with van der Waals surface area (Å²) in [5.74, 6) is -3.90. The second-order valence-electron chi connectivity index (χ2n) is 8.51. The number of piperidine rings is 1. The lowest BCUT2D eigenvalue weighted by atomic mass is 10.00. The number of aromatic nitrogens is 2. The summed E-state index contributed by atoms with van der Waals surface area (Å²) in [5, 5.41) is 8.78. The fourth-order valence-electron chi connectivity index (χ4n) is 4.33. The van der Waals surface area contributed by atoms with E-state index in [0.29, 0.717) is 43.8 Å². The number of benzene rings is 2. The van der Waals surface area contributed by atoms with E-state index in [9.17, 15) is 22.4 Å². The molecule has 2 heterocycles. The smallest absolute Gasteiger partial charge is 0.259 e. The monoisotopic (exact) mass is 472 g/mol. The largest absolute Gasteiger partial charge is 0.355 e. The lowest BCUT2D eigenvalue weighted by Crippen LogP contribution is -2.46. The van der Waals surface area contributed by atoms with Crippen molar-refractivity contribution in [3.05, 3.63) is 76.4 Å². The van der Waals surface area contributed by atoms with Crippen LogP contribution in [-0.4, -0.2) is 47.2 Å². The zero-order chi connectivity index (χ0) is 24.6. The van der Waals surface area contributed by atoms with Gasteiger partial charge in [0.15, 0.2) is 5.82 Å². The van der Waals surface area contributed by atoms with Crippen LogP contribution in [0.3, 0.4) is 0 Å². The maximum atomic E-state index is 14.1. The molecule has 1 amide bonds. The second kappa shape index (κ2) is 9.40. The normalized spacial score (nSPS) is 14.4. The molecule has 0 saturated carbocycles. The summed E-state index contributed by atoms with van der Waals surface area (Å²) in [5.41, 5.74) is 2.60. The molecule has 4 rings (SSSR count). The highest BCUT2D eigenvalue weighted by Crippen LogP contribution is 2.30. The molecule has 1 aliphatic rings. The highest BCUT2D eigenvalue weighted by Gasteiger charge is 2.30. The Balaban J connectivity index is 1.47. The topological polar surface area (TPSA) is 49.3 Å². The summed E-state index contributed by atoms with van der Waals surface area (Å²) in [6.45, 7) is 5.04. The minimum Gasteiger partial charge on any atom is -0.355 e. The Morgan fingerprint density at radius 2 is 1.50 bits per heavy atom. The molecule has 3 aromatic rings. The Bertz CT molecular complexity index is 1200. The molecule has 0 spiro atoms. The first-order valence-corrected chi connectivity index (χ1v) is 10.9. The Morgan fingerprint density at radius 1 is 0.912 bits per heavy atom. The summed E-state index contributed by atoms with van der Waals surface area (Å²) >= 11 is 0. The average molecular weight is 472 g/mol. The highest BCUT2D eigenvalue weighted by molar-refractivity contribution is 5.94. The van der Waals surface area contributed by atoms with E-state index in [1.165, 1.54) is 24.1 Å². The molecule has 0 atom stereocenters. The summed E-state index contributed by atoms with van der Waals surface area (Å²) < 4.78 is 54.6. The van der Waals surface area contributed by atoms with Crippen LogP contribution in [0.15, 0.2) is 36.4 Å². The Labute approximate surface area is 195 Å². The number of halogens is 4. The van der Waals surface area contributed by atoms with Crippen LogP contribution >= 0.6 is 0 Å². The summed E-state index contributed by atoms with van der Waals surface area (Å²) in [6.07, 6.45) is 1.12. The first-order chi connectivity index (χ1) is 16.2. The van der Waals surface area contributed by atoms with E-state index in [2.05, 4.69) is 15.1 Å². The van der Waals surface area contributed by atoms with Crippen LogP contribution in [0.2, 0.25) is 0 Å². The zero-order valence-electron chi connectivity index (χ0n) is 19.1. The first-order valence-electron chi connectivity index (χ1n) is 10.9. The van der Waals surface area contributed by atoms with Crippen LogP contribution in [0.5, 0.6) is 0 Å². The van der Waals surface area contributed by atoms with Crippen molar-refractivity contribution in [1.82, 2.24) is 15.1 Å². The average Bonchev–Trinajstić information content (AvgIpc) is 2.80. The standard InChI is InChI=1S/C25H24F4N4O/c1-14-15(2)24(31-30-23(14)16-4-6-17(26)7-5-16)33-10-8-19(9-11-33)32(3)25(34)22-20(28)12-18(27)13-21(22)29/h4-7,12-13,19H,8-11H2,1-3H3. The van der Waals surface area contributed by atoms with Crippen molar-refractivity contribution in [3.8, 4) is 11.3 Å². The number of carbonyl (C=O) groups excluding carboxylic acids is 1. The van der Waals surface area contributed by atoms with E-state index < -0.39 is 28.9 Å². The van der Waals surface area contributed by atoms with E-state index in [4.69, 9.17) is 0 Å². The number of anilines is 1. The Kier molecular flexibility index (Phi) is 6.54. The van der Waals surface area contributed by atoms with E-state index >= 15 is 0 Å². The molecule has 178 valence electrons. The minimum atomic E-state index is -1.21. The van der Waals surface area contributed by atoms with Gasteiger partial charge < -0.3 is 9.80 Å². The van der Waals surface area contributed by atoms with Crippen LogP contribution in [0.25, 0.3) is 11.3 Å². The number of hydrogen-bond acceptors (Lipinski definition) is 4. The van der Waals surface area contributed by atoms with Crippen molar-refractivity contribution >= 4 is 11.7 Å². The van der Waals surface area contributed by atoms with Gasteiger partial charge in [0.05, 0.1) is 5.69 Å². The molecule has 1 fully saturated rings. The van der Waals surface area contributed by atoms with Crippen molar-refractivity contribution in [2.45, 2.75) is 32.7 Å². The predicted molar refractivity (Wildman–Crippen MR) is 121 cm³/mol. The Hall–Kier alpha value is -3.49. The maximum Gasteiger partial charge on any atom is 0.259 e. The van der Waals surface area contributed by atoms with Gasteiger partial charge in [0.2, 0.25) is 0 Å². The summed E-state index contributed by atoms with van der Waals surface area (Å²) in [7, 11) is 1.50. The molecule has 1 aliphatic heterocycles. The van der Waals surface area contributed by atoms with E-state index in [1.54, 1.807) is 12.1 Å². The van der Waals surface area contributed by atoms with Crippen LogP contribution in [-0.2, 0) is 0 Å². The van der Waals surface area contributed by atoms with E-state index in [1.807, 2.05) is 13.8 Å². The van der Waals surface area contributed by atoms with E-state index in [-0.39, 0.29) is 11.9 Å². The van der Waals surface area contributed by atoms with Crippen LogP contribution in [0.1, 0.15) is 34.3 Å². The van der Waals surface area contributed by atoms with Crippen molar-refractivity contribution in [2.75, 3.05) is 25.0 Å². The van der Waals surface area contributed by atoms with Crippen molar-refractivity contribution in [2.24, 2.45) is 0 Å². The maximum absolute atomic E-state index is 14.1. The summed E-state index contributed by atoms with van der Waals surface area (Å²) in [4.78, 5) is 16.1. The zero-order valence-corrected chi connectivity index (χ0v) is 19.1. The molecule has 1 saturated heterocycles. The van der Waals surface area contributed by atoms with Gasteiger partial charge in [0, 0.05) is 43.9 Å². The van der Waals surface area contributed by atoms with Gasteiger partial charge >= 0.3 is 0 Å². The first kappa shape index (κ1) is 23.7. The van der Waals surface area contributed by atoms with Gasteiger partial charge in [-0.2, -0.15) is 0 Å². The quantitative estimate of drug-likeness (QED) is 0.499. The number of carbonyl (C=O) groups is 1. The third kappa shape index (κ3) is 4.47. The Morgan fingerprint density at radius 3 is 2.09 bits per heavy atom. The number of hydrogen-bond donors (Lipinski definition) is 0. The number of nitrogens with zero attached hydrogens (tertiary/aromatic N) is 4. The molecular weight excluding hydrogens is 448 g/mol. The number of rotatable bonds is 4. The van der Waals surface area contributed by atoms with Crippen molar-refractivity contribution in [1.29, 1.82) is 0 Å². The lowest BCUT2D eigenvalue weighted by molar-refractivity contribution is 0.0699. The minimum absolute atomic E-state index is 0.236. The highest BCUT2D eigenvalue weighted by atomic mass is 19.1. The van der Waals surface area contributed by atoms with Crippen LogP contribution < -0.4 is 4.90 Å². The molecule has 0 radical (unpaired) electrons. The third-order valence-corrected chi connectivity index (χ3v) is 6.47.